The Morgan fingerprint density at radius 2 is 2.44 bits per heavy atom. The number of ether oxygens (including phenoxy) is 1. The highest BCUT2D eigenvalue weighted by Crippen LogP contribution is 2.04. The first-order valence-electron chi connectivity index (χ1n) is 4.96. The minimum atomic E-state index is -1.51. The topological polar surface area (TPSA) is 76.4 Å². The number of carbonyl (C=O) groups is 1. The Bertz CT molecular complexity index is 360. The summed E-state index contributed by atoms with van der Waals surface area (Å²) in [5.41, 5.74) is -0.534. The fraction of sp³-hybridized carbons (Fsp3) is 0.600. The fourth-order valence-corrected chi connectivity index (χ4v) is 1.30. The summed E-state index contributed by atoms with van der Waals surface area (Å²) in [5.74, 6) is -0.648. The third-order valence-corrected chi connectivity index (χ3v) is 2.32. The molecule has 0 radical (unpaired) electrons. The van der Waals surface area contributed by atoms with E-state index in [2.05, 4.69) is 15.2 Å². The molecule has 0 aromatic carbocycles. The molecule has 1 unspecified atom stereocenters. The number of nitrogens with one attached hydrogen (secondary N) is 1. The Hall–Kier alpha value is -1.40. The van der Waals surface area contributed by atoms with Gasteiger partial charge in [0.2, 0.25) is 0 Å². The summed E-state index contributed by atoms with van der Waals surface area (Å²) in [6, 6.07) is 1.86. The summed E-state index contributed by atoms with van der Waals surface area (Å²) >= 11 is 0. The van der Waals surface area contributed by atoms with Gasteiger partial charge in [0, 0.05) is 26.3 Å². The number of hydrogen-bond donors (Lipinski definition) is 2. The van der Waals surface area contributed by atoms with E-state index in [4.69, 9.17) is 0 Å². The Balaban J connectivity index is 2.41. The third kappa shape index (κ3) is 3.04. The van der Waals surface area contributed by atoms with Gasteiger partial charge >= 0.3 is 5.97 Å². The average molecular weight is 227 g/mol. The van der Waals surface area contributed by atoms with Gasteiger partial charge in [0.25, 0.3) is 0 Å². The zero-order chi connectivity index (χ0) is 12.2. The molecule has 1 heterocycles. The van der Waals surface area contributed by atoms with Gasteiger partial charge in [-0.15, -0.1) is 0 Å². The van der Waals surface area contributed by atoms with E-state index in [0.717, 1.165) is 5.69 Å². The average Bonchev–Trinajstić information content (AvgIpc) is 2.63. The molecule has 6 nitrogen and oxygen atoms in total. The molecule has 0 amide bonds. The Labute approximate surface area is 94.2 Å². The highest BCUT2D eigenvalue weighted by Gasteiger charge is 2.30. The maximum atomic E-state index is 11.2. The van der Waals surface area contributed by atoms with Gasteiger partial charge in [-0.3, -0.25) is 4.68 Å². The van der Waals surface area contributed by atoms with Crippen LogP contribution in [0.25, 0.3) is 0 Å². The van der Waals surface area contributed by atoms with E-state index in [1.165, 1.54) is 14.0 Å². The molecule has 2 N–H and O–H groups in total. The Kier molecular flexibility index (Phi) is 4.03. The van der Waals surface area contributed by atoms with Crippen LogP contribution in [0.5, 0.6) is 0 Å². The molecule has 1 aromatic rings. The lowest BCUT2D eigenvalue weighted by molar-refractivity contribution is -0.159. The minimum absolute atomic E-state index is 0.130. The van der Waals surface area contributed by atoms with Crippen molar-refractivity contribution in [3.63, 3.8) is 0 Å². The van der Waals surface area contributed by atoms with Crippen molar-refractivity contribution < 1.29 is 14.6 Å². The molecule has 0 aliphatic rings. The monoisotopic (exact) mass is 227 g/mol. The van der Waals surface area contributed by atoms with E-state index in [0.29, 0.717) is 6.54 Å². The Morgan fingerprint density at radius 3 is 2.94 bits per heavy atom. The van der Waals surface area contributed by atoms with Crippen LogP contribution in [0.15, 0.2) is 12.3 Å². The van der Waals surface area contributed by atoms with Crippen molar-refractivity contribution >= 4 is 5.97 Å². The number of carbonyl (C=O) groups excluding carboxylic acids is 1. The van der Waals surface area contributed by atoms with E-state index < -0.39 is 11.6 Å². The fourth-order valence-electron chi connectivity index (χ4n) is 1.30. The second-order valence-corrected chi connectivity index (χ2v) is 3.82. The highest BCUT2D eigenvalue weighted by atomic mass is 16.5. The first-order chi connectivity index (χ1) is 7.47. The van der Waals surface area contributed by atoms with Crippen LogP contribution in [-0.2, 0) is 23.1 Å². The van der Waals surface area contributed by atoms with Gasteiger partial charge in [0.05, 0.1) is 12.8 Å². The van der Waals surface area contributed by atoms with Gasteiger partial charge in [-0.2, -0.15) is 5.10 Å². The maximum Gasteiger partial charge on any atom is 0.338 e. The van der Waals surface area contributed by atoms with Crippen molar-refractivity contribution in [1.29, 1.82) is 0 Å². The molecular formula is C10H17N3O3. The molecule has 16 heavy (non-hydrogen) atoms. The van der Waals surface area contributed by atoms with Crippen LogP contribution in [0.1, 0.15) is 12.6 Å². The van der Waals surface area contributed by atoms with Crippen molar-refractivity contribution in [1.82, 2.24) is 15.1 Å². The zero-order valence-corrected chi connectivity index (χ0v) is 9.73. The van der Waals surface area contributed by atoms with E-state index in [1.54, 1.807) is 10.9 Å². The lowest BCUT2D eigenvalue weighted by Gasteiger charge is -2.20. The van der Waals surface area contributed by atoms with Crippen molar-refractivity contribution in [3.05, 3.63) is 18.0 Å². The maximum absolute atomic E-state index is 11.2. The van der Waals surface area contributed by atoms with Gasteiger partial charge in [0.15, 0.2) is 5.60 Å². The first kappa shape index (κ1) is 12.7. The van der Waals surface area contributed by atoms with Crippen LogP contribution >= 0.6 is 0 Å². The molecule has 1 aromatic heterocycles. The van der Waals surface area contributed by atoms with Crippen LogP contribution in [0.4, 0.5) is 0 Å². The van der Waals surface area contributed by atoms with Gasteiger partial charge in [-0.1, -0.05) is 0 Å². The van der Waals surface area contributed by atoms with Gasteiger partial charge in [-0.25, -0.2) is 4.79 Å². The summed E-state index contributed by atoms with van der Waals surface area (Å²) in [5, 5.41) is 16.7. The highest BCUT2D eigenvalue weighted by molar-refractivity contribution is 5.78. The lowest BCUT2D eigenvalue weighted by Crippen LogP contribution is -2.45. The number of methoxy groups -OCH3 is 1. The number of rotatable bonds is 5. The Morgan fingerprint density at radius 1 is 1.75 bits per heavy atom. The molecule has 0 fully saturated rings. The number of nitrogens with zero attached hydrogens (tertiary/aromatic N) is 2. The quantitative estimate of drug-likeness (QED) is 0.659. The van der Waals surface area contributed by atoms with Crippen LogP contribution in [0, 0.1) is 0 Å². The van der Waals surface area contributed by atoms with Gasteiger partial charge < -0.3 is 15.2 Å². The molecule has 0 saturated carbocycles. The molecule has 0 spiro atoms. The summed E-state index contributed by atoms with van der Waals surface area (Å²) < 4.78 is 6.20. The van der Waals surface area contributed by atoms with Crippen molar-refractivity contribution in [2.75, 3.05) is 13.7 Å². The van der Waals surface area contributed by atoms with E-state index in [-0.39, 0.29) is 6.54 Å². The van der Waals surface area contributed by atoms with Crippen molar-refractivity contribution in [3.8, 4) is 0 Å². The standard InChI is InChI=1S/C10H17N3O3/c1-10(15,9(14)16-3)7-11-6-8-4-5-12-13(8)2/h4-5,11,15H,6-7H2,1-3H3. The molecule has 1 rings (SSSR count). The predicted molar refractivity (Wildman–Crippen MR) is 57.6 cm³/mol. The van der Waals surface area contributed by atoms with E-state index in [1.807, 2.05) is 13.1 Å². The number of esters is 1. The molecule has 90 valence electrons. The van der Waals surface area contributed by atoms with Gasteiger partial charge in [-0.05, 0) is 13.0 Å². The SMILES string of the molecule is COC(=O)C(C)(O)CNCc1ccnn1C. The van der Waals surface area contributed by atoms with Crippen LogP contribution < -0.4 is 5.32 Å². The summed E-state index contributed by atoms with van der Waals surface area (Å²) in [6.45, 7) is 2.07. The minimum Gasteiger partial charge on any atom is -0.467 e. The largest absolute Gasteiger partial charge is 0.467 e. The molecule has 6 heteroatoms. The number of aromatic nitrogens is 2. The second-order valence-electron chi connectivity index (χ2n) is 3.82. The number of aliphatic hydroxyl groups is 1. The molecule has 1 atom stereocenters. The second kappa shape index (κ2) is 5.09. The van der Waals surface area contributed by atoms with Crippen LogP contribution in [0.2, 0.25) is 0 Å². The normalized spacial score (nSPS) is 14.5. The van der Waals surface area contributed by atoms with Crippen LogP contribution in [-0.4, -0.2) is 40.1 Å². The lowest BCUT2D eigenvalue weighted by atomic mass is 10.1. The molecule has 0 saturated heterocycles. The van der Waals surface area contributed by atoms with E-state index >= 15 is 0 Å². The molecule has 0 aliphatic carbocycles. The molecule has 0 bridgehead atoms. The van der Waals surface area contributed by atoms with E-state index in [9.17, 15) is 9.90 Å². The molecular weight excluding hydrogens is 210 g/mol. The third-order valence-electron chi connectivity index (χ3n) is 2.32. The van der Waals surface area contributed by atoms with Crippen molar-refractivity contribution in [2.24, 2.45) is 7.05 Å². The number of aryl methyl sites for hydroxylation is 1. The smallest absolute Gasteiger partial charge is 0.338 e. The van der Waals surface area contributed by atoms with Crippen molar-refractivity contribution in [2.45, 2.75) is 19.1 Å². The summed E-state index contributed by atoms with van der Waals surface area (Å²) in [7, 11) is 3.08. The zero-order valence-electron chi connectivity index (χ0n) is 9.73. The van der Waals surface area contributed by atoms with Gasteiger partial charge in [0.1, 0.15) is 0 Å². The first-order valence-corrected chi connectivity index (χ1v) is 4.96. The summed E-state index contributed by atoms with van der Waals surface area (Å²) in [6.07, 6.45) is 1.69. The molecule has 0 aliphatic heterocycles. The number of hydrogen-bond acceptors (Lipinski definition) is 5. The van der Waals surface area contributed by atoms with Crippen LogP contribution in [0.3, 0.4) is 0 Å². The predicted octanol–water partition coefficient (Wildman–Crippen LogP) is -0.566. The summed E-state index contributed by atoms with van der Waals surface area (Å²) in [4.78, 5) is 11.2.